The van der Waals surface area contributed by atoms with Crippen molar-refractivity contribution >= 4 is 0 Å². The second-order valence-electron chi connectivity index (χ2n) is 7.27. The summed E-state index contributed by atoms with van der Waals surface area (Å²) in [6.45, 7) is 4.75. The lowest BCUT2D eigenvalue weighted by atomic mass is 10.1. The molecule has 1 aliphatic heterocycles. The van der Waals surface area contributed by atoms with Crippen LogP contribution < -0.4 is 14.8 Å². The zero-order valence-electron chi connectivity index (χ0n) is 16.7. The van der Waals surface area contributed by atoms with Crippen LogP contribution in [0.3, 0.4) is 0 Å². The van der Waals surface area contributed by atoms with Crippen LogP contribution in [0, 0.1) is 0 Å². The van der Waals surface area contributed by atoms with E-state index in [0.717, 1.165) is 31.6 Å². The summed E-state index contributed by atoms with van der Waals surface area (Å²) in [7, 11) is 1.63. The maximum Gasteiger partial charge on any atom is 0.161 e. The molecule has 154 valence electrons. The molecule has 0 spiro atoms. The first-order valence-corrected chi connectivity index (χ1v) is 10.2. The van der Waals surface area contributed by atoms with E-state index in [4.69, 9.17) is 14.6 Å². The average Bonchev–Trinajstić information content (AvgIpc) is 2.66. The van der Waals surface area contributed by atoms with Gasteiger partial charge in [0.15, 0.2) is 11.5 Å². The molecule has 1 unspecified atom stereocenters. The van der Waals surface area contributed by atoms with Crippen LogP contribution in [0.25, 0.3) is 0 Å². The molecule has 1 atom stereocenters. The molecule has 0 aromatic heterocycles. The fraction of sp³-hybridized carbons (Fsp3) is 0.714. The summed E-state index contributed by atoms with van der Waals surface area (Å²) in [4.78, 5) is 2.35. The number of methoxy groups -OCH3 is 1. The van der Waals surface area contributed by atoms with Crippen LogP contribution in [0.5, 0.6) is 11.5 Å². The number of hydrogen-bond acceptors (Lipinski definition) is 6. The predicted octanol–water partition coefficient (Wildman–Crippen LogP) is 2.17. The first kappa shape index (κ1) is 22.0. The summed E-state index contributed by atoms with van der Waals surface area (Å²) >= 11 is 0. The molecule has 2 rings (SSSR count). The monoisotopic (exact) mass is 380 g/mol. The smallest absolute Gasteiger partial charge is 0.161 e. The van der Waals surface area contributed by atoms with Crippen molar-refractivity contribution in [1.29, 1.82) is 0 Å². The number of likely N-dealkylation sites (tertiary alicyclic amines) is 1. The van der Waals surface area contributed by atoms with Crippen molar-refractivity contribution in [3.8, 4) is 11.5 Å². The van der Waals surface area contributed by atoms with E-state index in [-0.39, 0.29) is 13.2 Å². The van der Waals surface area contributed by atoms with Crippen LogP contribution in [-0.2, 0) is 6.54 Å². The minimum atomic E-state index is -0.506. The molecule has 0 amide bonds. The molecule has 0 aliphatic carbocycles. The Morgan fingerprint density at radius 2 is 1.85 bits per heavy atom. The lowest BCUT2D eigenvalue weighted by molar-refractivity contribution is 0.0645. The third-order valence-electron chi connectivity index (χ3n) is 4.92. The highest BCUT2D eigenvalue weighted by molar-refractivity contribution is 5.43. The van der Waals surface area contributed by atoms with Gasteiger partial charge in [0.25, 0.3) is 0 Å². The summed E-state index contributed by atoms with van der Waals surface area (Å²) in [5.41, 5.74) is 1.10. The van der Waals surface area contributed by atoms with Crippen LogP contribution in [0.1, 0.15) is 44.1 Å². The number of nitrogens with zero attached hydrogens (tertiary/aromatic N) is 1. The summed E-state index contributed by atoms with van der Waals surface area (Å²) < 4.78 is 11.3. The third kappa shape index (κ3) is 8.47. The van der Waals surface area contributed by atoms with Crippen molar-refractivity contribution in [2.24, 2.45) is 0 Å². The number of nitrogens with one attached hydrogen (secondary N) is 1. The Morgan fingerprint density at radius 1 is 1.11 bits per heavy atom. The van der Waals surface area contributed by atoms with Gasteiger partial charge in [0, 0.05) is 19.7 Å². The molecule has 1 saturated heterocycles. The van der Waals surface area contributed by atoms with Crippen LogP contribution in [0.15, 0.2) is 18.2 Å². The molecule has 3 N–H and O–H groups in total. The first-order valence-electron chi connectivity index (χ1n) is 10.2. The topological polar surface area (TPSA) is 74.2 Å². The van der Waals surface area contributed by atoms with Crippen molar-refractivity contribution in [1.82, 2.24) is 10.2 Å². The van der Waals surface area contributed by atoms with Crippen molar-refractivity contribution in [3.05, 3.63) is 23.8 Å². The van der Waals surface area contributed by atoms with E-state index in [1.165, 1.54) is 32.1 Å². The standard InChI is InChI=1S/C21H36N2O4/c1-26-21-14-18(15-22-10-7-13-24)8-9-20(21)27-17-19(25)16-23-11-5-3-2-4-6-12-23/h8-9,14,19,22,24-25H,2-7,10-13,15-17H2,1H3. The van der Waals surface area contributed by atoms with Gasteiger partial charge in [-0.25, -0.2) is 0 Å². The van der Waals surface area contributed by atoms with Gasteiger partial charge >= 0.3 is 0 Å². The molecule has 1 aromatic rings. The molecule has 27 heavy (non-hydrogen) atoms. The van der Waals surface area contributed by atoms with Gasteiger partial charge in [-0.3, -0.25) is 0 Å². The van der Waals surface area contributed by atoms with Crippen LogP contribution >= 0.6 is 0 Å². The van der Waals surface area contributed by atoms with E-state index in [0.29, 0.717) is 24.6 Å². The number of ether oxygens (including phenoxy) is 2. The lowest BCUT2D eigenvalue weighted by Gasteiger charge is -2.26. The first-order chi connectivity index (χ1) is 13.2. The van der Waals surface area contributed by atoms with E-state index in [1.807, 2.05) is 18.2 Å². The number of rotatable bonds is 11. The highest BCUT2D eigenvalue weighted by atomic mass is 16.5. The molecule has 1 aromatic carbocycles. The second-order valence-corrected chi connectivity index (χ2v) is 7.27. The fourth-order valence-corrected chi connectivity index (χ4v) is 3.41. The third-order valence-corrected chi connectivity index (χ3v) is 4.92. The summed E-state index contributed by atoms with van der Waals surface area (Å²) in [5.74, 6) is 1.33. The Bertz CT molecular complexity index is 519. The number of aliphatic hydroxyl groups is 2. The van der Waals surface area contributed by atoms with E-state index in [1.54, 1.807) is 7.11 Å². The van der Waals surface area contributed by atoms with Gasteiger partial charge in [-0.15, -0.1) is 0 Å². The average molecular weight is 381 g/mol. The van der Waals surface area contributed by atoms with Gasteiger partial charge < -0.3 is 29.9 Å². The van der Waals surface area contributed by atoms with Crippen molar-refractivity contribution in [2.75, 3.05) is 46.5 Å². The molecule has 6 nitrogen and oxygen atoms in total. The number of hydrogen-bond donors (Lipinski definition) is 3. The maximum absolute atomic E-state index is 10.4. The molecule has 1 heterocycles. The molecular formula is C21H36N2O4. The quantitative estimate of drug-likeness (QED) is 0.511. The van der Waals surface area contributed by atoms with Gasteiger partial charge in [0.2, 0.25) is 0 Å². The minimum Gasteiger partial charge on any atom is -0.493 e. The van der Waals surface area contributed by atoms with Crippen molar-refractivity contribution < 1.29 is 19.7 Å². The Morgan fingerprint density at radius 3 is 2.56 bits per heavy atom. The largest absolute Gasteiger partial charge is 0.493 e. The Kier molecular flexibility index (Phi) is 10.5. The van der Waals surface area contributed by atoms with Gasteiger partial charge in [-0.05, 0) is 56.6 Å². The molecule has 1 fully saturated rings. The van der Waals surface area contributed by atoms with Gasteiger partial charge in [-0.2, -0.15) is 0 Å². The predicted molar refractivity (Wildman–Crippen MR) is 107 cm³/mol. The zero-order chi connectivity index (χ0) is 19.3. The van der Waals surface area contributed by atoms with E-state index >= 15 is 0 Å². The van der Waals surface area contributed by atoms with Gasteiger partial charge in [0.05, 0.1) is 7.11 Å². The van der Waals surface area contributed by atoms with Gasteiger partial charge in [0.1, 0.15) is 12.7 Å². The van der Waals surface area contributed by atoms with E-state index in [2.05, 4.69) is 10.2 Å². The zero-order valence-corrected chi connectivity index (χ0v) is 16.7. The highest BCUT2D eigenvalue weighted by Crippen LogP contribution is 2.28. The van der Waals surface area contributed by atoms with E-state index < -0.39 is 6.10 Å². The molecule has 0 bridgehead atoms. The van der Waals surface area contributed by atoms with E-state index in [9.17, 15) is 5.11 Å². The molecule has 1 aliphatic rings. The molecule has 0 saturated carbocycles. The second kappa shape index (κ2) is 12.9. The number of aliphatic hydroxyl groups excluding tert-OH is 2. The van der Waals surface area contributed by atoms with Gasteiger partial charge in [-0.1, -0.05) is 25.3 Å². The van der Waals surface area contributed by atoms with Crippen molar-refractivity contribution in [3.63, 3.8) is 0 Å². The van der Waals surface area contributed by atoms with Crippen LogP contribution in [-0.4, -0.2) is 67.7 Å². The Labute approximate surface area is 163 Å². The maximum atomic E-state index is 10.4. The Balaban J connectivity index is 1.79. The number of benzene rings is 1. The SMILES string of the molecule is COc1cc(CNCCCO)ccc1OCC(O)CN1CCCCCCC1. The molecule has 0 radical (unpaired) electrons. The van der Waals surface area contributed by atoms with Crippen LogP contribution in [0.4, 0.5) is 0 Å². The minimum absolute atomic E-state index is 0.197. The fourth-order valence-electron chi connectivity index (χ4n) is 3.41. The lowest BCUT2D eigenvalue weighted by Crippen LogP contribution is -2.37. The molecule has 6 heteroatoms. The van der Waals surface area contributed by atoms with Crippen LogP contribution in [0.2, 0.25) is 0 Å². The highest BCUT2D eigenvalue weighted by Gasteiger charge is 2.15. The number of β-amino-alcohol motifs (C(OH)–C–C–N with tert-alkyl or cyclic N) is 1. The molecular weight excluding hydrogens is 344 g/mol. The summed E-state index contributed by atoms with van der Waals surface area (Å²) in [6.07, 6.45) is 6.60. The summed E-state index contributed by atoms with van der Waals surface area (Å²) in [6, 6.07) is 5.84. The van der Waals surface area contributed by atoms with Crippen molar-refractivity contribution in [2.45, 2.75) is 51.2 Å². The Hall–Kier alpha value is -1.34. The normalized spacial score (nSPS) is 17.1. The summed E-state index contributed by atoms with van der Waals surface area (Å²) in [5, 5.41) is 22.5.